The van der Waals surface area contributed by atoms with E-state index < -0.39 is 5.82 Å². The first-order chi connectivity index (χ1) is 10.1. The minimum atomic E-state index is -0.447. The van der Waals surface area contributed by atoms with Gasteiger partial charge in [-0.05, 0) is 38.1 Å². The van der Waals surface area contributed by atoms with Crippen molar-refractivity contribution in [2.75, 3.05) is 6.54 Å². The van der Waals surface area contributed by atoms with Crippen molar-refractivity contribution in [2.24, 2.45) is 0 Å². The van der Waals surface area contributed by atoms with Crippen LogP contribution in [0.15, 0.2) is 36.4 Å². The van der Waals surface area contributed by atoms with Crippen LogP contribution in [-0.2, 0) is 6.54 Å². The largest absolute Gasteiger partial charge is 0.457 e. The number of rotatable bonds is 6. The van der Waals surface area contributed by atoms with Crippen molar-refractivity contribution < 1.29 is 9.13 Å². The van der Waals surface area contributed by atoms with Gasteiger partial charge in [0.2, 0.25) is 0 Å². The van der Waals surface area contributed by atoms with E-state index in [4.69, 9.17) is 16.3 Å². The molecule has 0 saturated heterocycles. The Morgan fingerprint density at radius 3 is 2.71 bits per heavy atom. The molecule has 2 nitrogen and oxygen atoms in total. The van der Waals surface area contributed by atoms with E-state index in [9.17, 15) is 4.39 Å². The highest BCUT2D eigenvalue weighted by molar-refractivity contribution is 6.30. The molecule has 4 heteroatoms. The lowest BCUT2D eigenvalue weighted by atomic mass is 10.1. The summed E-state index contributed by atoms with van der Waals surface area (Å²) in [5, 5.41) is 3.42. The van der Waals surface area contributed by atoms with Crippen molar-refractivity contribution in [3.8, 4) is 11.5 Å². The molecule has 2 rings (SSSR count). The summed E-state index contributed by atoms with van der Waals surface area (Å²) in [5.74, 6) is 0.839. The molecule has 2 aromatic rings. The lowest BCUT2D eigenvalue weighted by Gasteiger charge is -2.13. The summed E-state index contributed by atoms with van der Waals surface area (Å²) in [6.45, 7) is 5.86. The van der Waals surface area contributed by atoms with Crippen LogP contribution in [0.25, 0.3) is 0 Å². The minimum absolute atomic E-state index is 0.0604. The van der Waals surface area contributed by atoms with Crippen molar-refractivity contribution in [1.29, 1.82) is 0 Å². The maximum absolute atomic E-state index is 13.2. The Morgan fingerprint density at radius 1 is 1.19 bits per heavy atom. The maximum Gasteiger partial charge on any atom is 0.142 e. The topological polar surface area (TPSA) is 21.3 Å². The Labute approximate surface area is 129 Å². The monoisotopic (exact) mass is 307 g/mol. The molecule has 0 atom stereocenters. The van der Waals surface area contributed by atoms with Gasteiger partial charge in [-0.2, -0.15) is 0 Å². The van der Waals surface area contributed by atoms with Crippen LogP contribution in [0, 0.1) is 12.7 Å². The number of hydrogen-bond acceptors (Lipinski definition) is 2. The molecule has 0 aliphatic heterocycles. The fraction of sp³-hybridized carbons (Fsp3) is 0.294. The molecule has 0 unspecified atom stereocenters. The van der Waals surface area contributed by atoms with E-state index in [0.717, 1.165) is 30.8 Å². The smallest absolute Gasteiger partial charge is 0.142 e. The van der Waals surface area contributed by atoms with Crippen LogP contribution >= 0.6 is 11.6 Å². The molecule has 21 heavy (non-hydrogen) atoms. The average molecular weight is 308 g/mol. The molecule has 0 radical (unpaired) electrons. The summed E-state index contributed by atoms with van der Waals surface area (Å²) in [7, 11) is 0. The molecule has 0 heterocycles. The zero-order valence-electron chi connectivity index (χ0n) is 12.2. The normalized spacial score (nSPS) is 10.7. The third-order valence-electron chi connectivity index (χ3n) is 3.08. The standard InChI is InChI=1S/C17H19ClFNO/c1-3-8-20-11-13-9-12(2)4-7-17(13)21-14-5-6-16(19)15(18)10-14/h4-7,9-10,20H,3,8,11H2,1-2H3. The third-order valence-corrected chi connectivity index (χ3v) is 3.37. The Morgan fingerprint density at radius 2 is 2.00 bits per heavy atom. The van der Waals surface area contributed by atoms with Crippen LogP contribution in [-0.4, -0.2) is 6.54 Å². The van der Waals surface area contributed by atoms with Gasteiger partial charge in [0.25, 0.3) is 0 Å². The number of aryl methyl sites for hydroxylation is 1. The van der Waals surface area contributed by atoms with Gasteiger partial charge >= 0.3 is 0 Å². The Hall–Kier alpha value is -1.58. The van der Waals surface area contributed by atoms with E-state index in [1.807, 2.05) is 19.1 Å². The zero-order chi connectivity index (χ0) is 15.2. The molecular weight excluding hydrogens is 289 g/mol. The second-order valence-corrected chi connectivity index (χ2v) is 5.37. The van der Waals surface area contributed by atoms with E-state index in [1.165, 1.54) is 17.7 Å². The number of benzene rings is 2. The molecule has 2 aromatic carbocycles. The zero-order valence-corrected chi connectivity index (χ0v) is 13.0. The summed E-state index contributed by atoms with van der Waals surface area (Å²) < 4.78 is 19.0. The molecule has 0 aliphatic rings. The highest BCUT2D eigenvalue weighted by atomic mass is 35.5. The molecule has 0 aliphatic carbocycles. The molecular formula is C17H19ClFNO. The number of ether oxygens (including phenoxy) is 1. The van der Waals surface area contributed by atoms with Crippen LogP contribution in [0.4, 0.5) is 4.39 Å². The molecule has 0 bridgehead atoms. The highest BCUT2D eigenvalue weighted by Crippen LogP contribution is 2.29. The van der Waals surface area contributed by atoms with Crippen LogP contribution < -0.4 is 10.1 Å². The maximum atomic E-state index is 13.2. The van der Waals surface area contributed by atoms with Crippen molar-refractivity contribution in [3.63, 3.8) is 0 Å². The van der Waals surface area contributed by atoms with Crippen molar-refractivity contribution in [3.05, 3.63) is 58.4 Å². The molecule has 0 fully saturated rings. The van der Waals surface area contributed by atoms with Crippen molar-refractivity contribution in [2.45, 2.75) is 26.8 Å². The van der Waals surface area contributed by atoms with Gasteiger partial charge in [-0.3, -0.25) is 0 Å². The first-order valence-electron chi connectivity index (χ1n) is 7.03. The first kappa shape index (κ1) is 15.8. The van der Waals surface area contributed by atoms with Gasteiger partial charge in [-0.1, -0.05) is 36.2 Å². The van der Waals surface area contributed by atoms with Crippen LogP contribution in [0.1, 0.15) is 24.5 Å². The molecule has 0 aromatic heterocycles. The van der Waals surface area contributed by atoms with Gasteiger partial charge in [0.05, 0.1) is 5.02 Å². The summed E-state index contributed by atoms with van der Waals surface area (Å²) in [5.41, 5.74) is 2.25. The number of hydrogen-bond donors (Lipinski definition) is 1. The first-order valence-corrected chi connectivity index (χ1v) is 7.41. The van der Waals surface area contributed by atoms with E-state index >= 15 is 0 Å². The minimum Gasteiger partial charge on any atom is -0.457 e. The summed E-state index contributed by atoms with van der Waals surface area (Å²) in [4.78, 5) is 0. The second-order valence-electron chi connectivity index (χ2n) is 4.97. The highest BCUT2D eigenvalue weighted by Gasteiger charge is 2.07. The van der Waals surface area contributed by atoms with Gasteiger partial charge in [-0.15, -0.1) is 0 Å². The lowest BCUT2D eigenvalue weighted by molar-refractivity contribution is 0.470. The summed E-state index contributed by atoms with van der Waals surface area (Å²) in [6.07, 6.45) is 1.08. The number of halogens is 2. The summed E-state index contributed by atoms with van der Waals surface area (Å²) in [6, 6.07) is 10.4. The van der Waals surface area contributed by atoms with Crippen molar-refractivity contribution in [1.82, 2.24) is 5.32 Å². The lowest BCUT2D eigenvalue weighted by Crippen LogP contribution is -2.14. The van der Waals surface area contributed by atoms with Crippen LogP contribution in [0.5, 0.6) is 11.5 Å². The van der Waals surface area contributed by atoms with Crippen LogP contribution in [0.3, 0.4) is 0 Å². The third kappa shape index (κ3) is 4.45. The van der Waals surface area contributed by atoms with E-state index in [1.54, 1.807) is 6.07 Å². The molecule has 1 N–H and O–H groups in total. The van der Waals surface area contributed by atoms with Gasteiger partial charge in [-0.25, -0.2) is 4.39 Å². The Kier molecular flexibility index (Phi) is 5.59. The number of nitrogens with one attached hydrogen (secondary N) is 1. The SMILES string of the molecule is CCCNCc1cc(C)ccc1Oc1ccc(F)c(Cl)c1. The van der Waals surface area contributed by atoms with Gasteiger partial charge in [0.1, 0.15) is 17.3 Å². The second kappa shape index (κ2) is 7.43. The van der Waals surface area contributed by atoms with Crippen molar-refractivity contribution >= 4 is 11.6 Å². The Bertz CT molecular complexity index is 616. The van der Waals surface area contributed by atoms with Gasteiger partial charge < -0.3 is 10.1 Å². The molecule has 112 valence electrons. The fourth-order valence-corrected chi connectivity index (χ4v) is 2.18. The van der Waals surface area contributed by atoms with Gasteiger partial charge in [0, 0.05) is 18.2 Å². The van der Waals surface area contributed by atoms with Crippen LogP contribution in [0.2, 0.25) is 5.02 Å². The molecule has 0 spiro atoms. The predicted octanol–water partition coefficient (Wildman–Crippen LogP) is 5.08. The quantitative estimate of drug-likeness (QED) is 0.751. The average Bonchev–Trinajstić information content (AvgIpc) is 2.46. The predicted molar refractivity (Wildman–Crippen MR) is 84.7 cm³/mol. The van der Waals surface area contributed by atoms with E-state index in [2.05, 4.69) is 18.3 Å². The molecule has 0 amide bonds. The molecule has 0 saturated carbocycles. The van der Waals surface area contributed by atoms with Gasteiger partial charge in [0.15, 0.2) is 0 Å². The van der Waals surface area contributed by atoms with E-state index in [-0.39, 0.29) is 5.02 Å². The van der Waals surface area contributed by atoms with E-state index in [0.29, 0.717) is 5.75 Å². The summed E-state index contributed by atoms with van der Waals surface area (Å²) >= 11 is 5.78. The fourth-order valence-electron chi connectivity index (χ4n) is 2.01. The Balaban J connectivity index is 2.19.